The van der Waals surface area contributed by atoms with Crippen molar-refractivity contribution in [1.82, 2.24) is 20.0 Å². The van der Waals surface area contributed by atoms with Crippen LogP contribution in [0, 0.1) is 0 Å². The maximum absolute atomic E-state index is 14.6. The third kappa shape index (κ3) is 4.70. The van der Waals surface area contributed by atoms with Crippen molar-refractivity contribution in [3.05, 3.63) is 42.2 Å². The summed E-state index contributed by atoms with van der Waals surface area (Å²) in [6, 6.07) is 7.42. The minimum absolute atomic E-state index is 0.00727. The zero-order chi connectivity index (χ0) is 22.0. The molecular weight excluding hydrogens is 425 g/mol. The molecule has 0 bridgehead atoms. The van der Waals surface area contributed by atoms with Gasteiger partial charge in [-0.2, -0.15) is 9.37 Å². The number of sulfonamides is 1. The lowest BCUT2D eigenvalue weighted by Gasteiger charge is -2.09. The number of nitrogens with one attached hydrogen (secondary N) is 2. The number of hydrogen-bond donors (Lipinski definition) is 3. The van der Waals surface area contributed by atoms with E-state index in [0.717, 1.165) is 12.8 Å². The van der Waals surface area contributed by atoms with Gasteiger partial charge in [-0.25, -0.2) is 24.0 Å². The van der Waals surface area contributed by atoms with Crippen LogP contribution < -0.4 is 15.9 Å². The molecule has 3 aromatic rings. The molecular formula is C19H20FN7O3S. The van der Waals surface area contributed by atoms with Gasteiger partial charge in [0.1, 0.15) is 11.3 Å². The van der Waals surface area contributed by atoms with Gasteiger partial charge in [-0.3, -0.25) is 4.79 Å². The number of fused-ring (bicyclic) bond motifs is 3. The number of benzene rings is 1. The summed E-state index contributed by atoms with van der Waals surface area (Å²) in [5, 5.41) is 12.3. The summed E-state index contributed by atoms with van der Waals surface area (Å²) in [5.41, 5.74) is 3.52. The van der Waals surface area contributed by atoms with Crippen molar-refractivity contribution in [1.29, 1.82) is 0 Å². The largest absolute Gasteiger partial charge is 0.324 e. The van der Waals surface area contributed by atoms with Gasteiger partial charge in [0, 0.05) is 30.2 Å². The molecule has 0 atom stereocenters. The first-order chi connectivity index (χ1) is 14.8. The lowest BCUT2D eigenvalue weighted by atomic mass is 10.2. The van der Waals surface area contributed by atoms with E-state index in [-0.39, 0.29) is 22.4 Å². The van der Waals surface area contributed by atoms with Crippen LogP contribution in [0.4, 0.5) is 16.0 Å². The fourth-order valence-electron chi connectivity index (χ4n) is 3.31. The second-order valence-corrected chi connectivity index (χ2v) is 8.66. The van der Waals surface area contributed by atoms with E-state index in [0.29, 0.717) is 36.1 Å². The molecule has 0 aliphatic carbocycles. The fourth-order valence-corrected chi connectivity index (χ4v) is 3.83. The second-order valence-electron chi connectivity index (χ2n) is 7.10. The Hall–Kier alpha value is -3.38. The average Bonchev–Trinajstić information content (AvgIpc) is 3.08. The highest BCUT2D eigenvalue weighted by Gasteiger charge is 2.17. The molecule has 1 aromatic carbocycles. The van der Waals surface area contributed by atoms with Gasteiger partial charge in [-0.1, -0.05) is 6.42 Å². The average molecular weight is 445 g/mol. The Morgan fingerprint density at radius 3 is 2.68 bits per heavy atom. The van der Waals surface area contributed by atoms with E-state index in [2.05, 4.69) is 25.8 Å². The van der Waals surface area contributed by atoms with Gasteiger partial charge < -0.3 is 9.88 Å². The Morgan fingerprint density at radius 1 is 1.16 bits per heavy atom. The van der Waals surface area contributed by atoms with Crippen LogP contribution in [0.3, 0.4) is 0 Å². The number of aryl methyl sites for hydroxylation is 1. The normalized spacial score (nSPS) is 17.2. The SMILES string of the molecule is NS(=O)(=O)c1ccc(Nc2ncc3cc4n(c3n2)CCCCCC(=O)N/N=C\4F)cc1. The number of carbonyl (C=O) groups excluding carboxylic acids is 1. The van der Waals surface area contributed by atoms with Crippen LogP contribution in [-0.4, -0.2) is 34.8 Å². The van der Waals surface area contributed by atoms with E-state index in [9.17, 15) is 17.6 Å². The summed E-state index contributed by atoms with van der Waals surface area (Å²) in [6.07, 6.45) is 4.10. The predicted molar refractivity (Wildman–Crippen MR) is 113 cm³/mol. The van der Waals surface area contributed by atoms with Gasteiger partial charge in [0.2, 0.25) is 21.9 Å². The Balaban J connectivity index is 1.67. The summed E-state index contributed by atoms with van der Waals surface area (Å²) >= 11 is 0. The molecule has 162 valence electrons. The number of halogens is 1. The van der Waals surface area contributed by atoms with E-state index in [4.69, 9.17) is 5.14 Å². The molecule has 0 fully saturated rings. The smallest absolute Gasteiger partial charge is 0.254 e. The monoisotopic (exact) mass is 445 g/mol. The third-order valence-electron chi connectivity index (χ3n) is 4.85. The summed E-state index contributed by atoms with van der Waals surface area (Å²) in [4.78, 5) is 20.4. The molecule has 0 radical (unpaired) electrons. The second kappa shape index (κ2) is 8.40. The number of nitrogens with two attached hydrogens (primary N) is 1. The molecule has 31 heavy (non-hydrogen) atoms. The van der Waals surface area contributed by atoms with Gasteiger partial charge in [-0.15, -0.1) is 5.10 Å². The number of hydrogen-bond acceptors (Lipinski definition) is 7. The highest BCUT2D eigenvalue weighted by Crippen LogP contribution is 2.23. The molecule has 1 aliphatic heterocycles. The quantitative estimate of drug-likeness (QED) is 0.563. The number of nitrogens with zero attached hydrogens (tertiary/aromatic N) is 4. The van der Waals surface area contributed by atoms with Gasteiger partial charge in [0.15, 0.2) is 0 Å². The van der Waals surface area contributed by atoms with Crippen LogP contribution in [0.5, 0.6) is 0 Å². The number of carbonyl (C=O) groups is 1. The van der Waals surface area contributed by atoms with Crippen molar-refractivity contribution in [2.45, 2.75) is 37.1 Å². The fraction of sp³-hybridized carbons (Fsp3) is 0.263. The summed E-state index contributed by atoms with van der Waals surface area (Å²) in [6.45, 7) is 0.509. The number of anilines is 2. The minimum Gasteiger partial charge on any atom is -0.324 e. The molecule has 0 saturated heterocycles. The highest BCUT2D eigenvalue weighted by molar-refractivity contribution is 7.89. The van der Waals surface area contributed by atoms with Gasteiger partial charge in [0.25, 0.3) is 5.97 Å². The first-order valence-corrected chi connectivity index (χ1v) is 11.1. The summed E-state index contributed by atoms with van der Waals surface area (Å²) in [7, 11) is -3.78. The van der Waals surface area contributed by atoms with Crippen LogP contribution in [0.1, 0.15) is 31.4 Å². The van der Waals surface area contributed by atoms with Crippen molar-refractivity contribution < 1.29 is 17.6 Å². The predicted octanol–water partition coefficient (Wildman–Crippen LogP) is 2.14. The first-order valence-electron chi connectivity index (χ1n) is 9.60. The van der Waals surface area contributed by atoms with Gasteiger partial charge in [0.05, 0.1) is 4.90 Å². The van der Waals surface area contributed by atoms with Crippen LogP contribution in [0.15, 0.2) is 46.5 Å². The Bertz CT molecular complexity index is 1270. The molecule has 0 saturated carbocycles. The number of hydrazone groups is 1. The lowest BCUT2D eigenvalue weighted by molar-refractivity contribution is -0.121. The maximum Gasteiger partial charge on any atom is 0.254 e. The highest BCUT2D eigenvalue weighted by atomic mass is 32.2. The Labute approximate surface area is 177 Å². The van der Waals surface area contributed by atoms with Crippen molar-refractivity contribution in [3.8, 4) is 0 Å². The molecule has 1 amide bonds. The minimum atomic E-state index is -3.78. The summed E-state index contributed by atoms with van der Waals surface area (Å²) < 4.78 is 39.1. The van der Waals surface area contributed by atoms with Crippen LogP contribution >= 0.6 is 0 Å². The molecule has 4 N–H and O–H groups in total. The van der Waals surface area contributed by atoms with Crippen LogP contribution in [0.25, 0.3) is 11.0 Å². The topological polar surface area (TPSA) is 144 Å². The van der Waals surface area contributed by atoms with E-state index < -0.39 is 16.0 Å². The zero-order valence-electron chi connectivity index (χ0n) is 16.4. The molecule has 0 spiro atoms. The number of aromatic nitrogens is 3. The number of amides is 1. The van der Waals surface area contributed by atoms with Crippen LogP contribution in [-0.2, 0) is 21.4 Å². The Morgan fingerprint density at radius 2 is 1.94 bits per heavy atom. The van der Waals surface area contributed by atoms with Crippen molar-refractivity contribution in [2.24, 2.45) is 10.2 Å². The molecule has 2 aromatic heterocycles. The molecule has 10 nitrogen and oxygen atoms in total. The zero-order valence-corrected chi connectivity index (χ0v) is 17.2. The van der Waals surface area contributed by atoms with Crippen molar-refractivity contribution in [3.63, 3.8) is 0 Å². The van der Waals surface area contributed by atoms with Crippen molar-refractivity contribution in [2.75, 3.05) is 5.32 Å². The molecule has 1 aliphatic rings. The molecule has 0 unspecified atom stereocenters. The number of rotatable bonds is 3. The van der Waals surface area contributed by atoms with Gasteiger partial charge >= 0.3 is 0 Å². The number of primary sulfonamides is 1. The molecule has 12 heteroatoms. The summed E-state index contributed by atoms with van der Waals surface area (Å²) in [5.74, 6) is -0.863. The maximum atomic E-state index is 14.6. The molecule has 3 heterocycles. The lowest BCUT2D eigenvalue weighted by Crippen LogP contribution is -2.18. The van der Waals surface area contributed by atoms with Crippen molar-refractivity contribution >= 4 is 44.6 Å². The van der Waals surface area contributed by atoms with Gasteiger partial charge in [-0.05, 0) is 43.2 Å². The molecule has 4 rings (SSSR count). The Kier molecular flexibility index (Phi) is 5.65. The van der Waals surface area contributed by atoms with Crippen LogP contribution in [0.2, 0.25) is 0 Å². The standard InChI is InChI=1S/C19H20FN7O3S/c20-17-15-10-12-11-22-19(23-13-5-7-14(8-6-13)31(21,29)30)24-18(12)27(15)9-3-1-2-4-16(28)25-26-17/h5-8,10-11H,1-4,9H2,(H,25,28)(H2,21,29,30)(H,22,23,24)/b26-17+. The van der Waals surface area contributed by atoms with E-state index in [1.54, 1.807) is 29.0 Å². The first kappa shape index (κ1) is 20.9. The van der Waals surface area contributed by atoms with E-state index >= 15 is 0 Å². The van der Waals surface area contributed by atoms with E-state index in [1.165, 1.54) is 12.1 Å². The van der Waals surface area contributed by atoms with E-state index in [1.807, 2.05) is 0 Å². The third-order valence-corrected chi connectivity index (χ3v) is 5.78.